The van der Waals surface area contributed by atoms with E-state index in [1.807, 2.05) is 35.7 Å². The quantitative estimate of drug-likeness (QED) is 0.947. The van der Waals surface area contributed by atoms with Gasteiger partial charge in [-0.25, -0.2) is 0 Å². The van der Waals surface area contributed by atoms with Crippen molar-refractivity contribution in [3.63, 3.8) is 0 Å². The molecule has 108 valence electrons. The van der Waals surface area contributed by atoms with E-state index in [1.165, 1.54) is 0 Å². The number of carbonyl (C=O) groups is 2. The molecule has 1 aromatic heterocycles. The van der Waals surface area contributed by atoms with E-state index in [1.54, 1.807) is 23.2 Å². The summed E-state index contributed by atoms with van der Waals surface area (Å²) < 4.78 is 0. The average molecular weight is 300 g/mol. The maximum atomic E-state index is 12.2. The molecule has 4 nitrogen and oxygen atoms in total. The Labute approximate surface area is 127 Å². The van der Waals surface area contributed by atoms with Crippen LogP contribution in [0, 0.1) is 0 Å². The summed E-state index contributed by atoms with van der Waals surface area (Å²) in [5.41, 5.74) is 2.59. The average Bonchev–Trinajstić information content (AvgIpc) is 3.13. The van der Waals surface area contributed by atoms with Gasteiger partial charge in [-0.2, -0.15) is 0 Å². The summed E-state index contributed by atoms with van der Waals surface area (Å²) in [5.74, 6) is -0.0912. The molecule has 0 atom stereocenters. The van der Waals surface area contributed by atoms with Crippen molar-refractivity contribution in [1.29, 1.82) is 0 Å². The zero-order chi connectivity index (χ0) is 14.8. The van der Waals surface area contributed by atoms with Crippen LogP contribution in [0.4, 0.5) is 5.69 Å². The molecule has 1 aliphatic heterocycles. The van der Waals surface area contributed by atoms with Crippen LogP contribution in [0.1, 0.15) is 27.7 Å². The van der Waals surface area contributed by atoms with Crippen molar-refractivity contribution in [2.75, 3.05) is 11.4 Å². The van der Waals surface area contributed by atoms with E-state index in [2.05, 4.69) is 5.32 Å². The van der Waals surface area contributed by atoms with Gasteiger partial charge in [-0.1, -0.05) is 12.1 Å². The van der Waals surface area contributed by atoms with Crippen LogP contribution in [0.5, 0.6) is 0 Å². The predicted molar refractivity (Wildman–Crippen MR) is 83.7 cm³/mol. The first kappa shape index (κ1) is 13.8. The van der Waals surface area contributed by atoms with Gasteiger partial charge in [0.2, 0.25) is 5.91 Å². The molecule has 0 saturated heterocycles. The number of hydrogen-bond donors (Lipinski definition) is 1. The van der Waals surface area contributed by atoms with Crippen LogP contribution in [0.15, 0.2) is 35.7 Å². The van der Waals surface area contributed by atoms with Gasteiger partial charge in [0.25, 0.3) is 5.91 Å². The van der Waals surface area contributed by atoms with E-state index < -0.39 is 0 Å². The SMILES string of the molecule is CC(=O)N1CCc2ccc(C(=O)NCc3cccs3)cc21. The lowest BCUT2D eigenvalue weighted by Gasteiger charge is -2.15. The number of carbonyl (C=O) groups excluding carboxylic acids is 2. The molecule has 1 aromatic carbocycles. The van der Waals surface area contributed by atoms with E-state index in [-0.39, 0.29) is 11.8 Å². The zero-order valence-corrected chi connectivity index (χ0v) is 12.6. The number of nitrogens with one attached hydrogen (secondary N) is 1. The molecule has 2 heterocycles. The van der Waals surface area contributed by atoms with Crippen LogP contribution in [0.3, 0.4) is 0 Å². The Bertz CT molecular complexity index is 680. The number of nitrogens with zero attached hydrogens (tertiary/aromatic N) is 1. The second-order valence-electron chi connectivity index (χ2n) is 5.03. The lowest BCUT2D eigenvalue weighted by molar-refractivity contribution is -0.116. The molecule has 0 spiro atoms. The third-order valence-electron chi connectivity index (χ3n) is 3.63. The molecule has 0 bridgehead atoms. The number of hydrogen-bond acceptors (Lipinski definition) is 3. The Morgan fingerprint density at radius 2 is 2.19 bits per heavy atom. The van der Waals surface area contributed by atoms with Gasteiger partial charge in [0.05, 0.1) is 6.54 Å². The Kier molecular flexibility index (Phi) is 3.75. The molecule has 0 unspecified atom stereocenters. The normalized spacial score (nSPS) is 13.1. The molecule has 0 radical (unpaired) electrons. The van der Waals surface area contributed by atoms with Gasteiger partial charge in [0.1, 0.15) is 0 Å². The van der Waals surface area contributed by atoms with Crippen LogP contribution < -0.4 is 10.2 Å². The number of benzene rings is 1. The lowest BCUT2D eigenvalue weighted by atomic mass is 10.1. The Hall–Kier alpha value is -2.14. The second-order valence-corrected chi connectivity index (χ2v) is 6.06. The summed E-state index contributed by atoms with van der Waals surface area (Å²) >= 11 is 1.62. The maximum absolute atomic E-state index is 12.2. The molecular formula is C16H16N2O2S. The predicted octanol–water partition coefficient (Wildman–Crippen LogP) is 2.59. The standard InChI is InChI=1S/C16H16N2O2S/c1-11(19)18-7-6-12-4-5-13(9-15(12)18)16(20)17-10-14-3-2-8-21-14/h2-5,8-9H,6-7,10H2,1H3,(H,17,20). The molecule has 1 N–H and O–H groups in total. The first-order valence-electron chi connectivity index (χ1n) is 6.87. The summed E-state index contributed by atoms with van der Waals surface area (Å²) in [7, 11) is 0. The number of anilines is 1. The van der Waals surface area contributed by atoms with Gasteiger partial charge in [-0.15, -0.1) is 11.3 Å². The zero-order valence-electron chi connectivity index (χ0n) is 11.8. The van der Waals surface area contributed by atoms with E-state index in [0.717, 1.165) is 22.5 Å². The first-order valence-corrected chi connectivity index (χ1v) is 7.75. The third kappa shape index (κ3) is 2.83. The second kappa shape index (κ2) is 5.69. The molecule has 2 amide bonds. The van der Waals surface area contributed by atoms with Gasteiger partial charge in [-0.05, 0) is 35.6 Å². The summed E-state index contributed by atoms with van der Waals surface area (Å²) in [6, 6.07) is 9.54. The first-order chi connectivity index (χ1) is 10.1. The number of amides is 2. The van der Waals surface area contributed by atoms with Crippen molar-refractivity contribution >= 4 is 28.8 Å². The number of thiophene rings is 1. The molecule has 0 saturated carbocycles. The molecule has 3 rings (SSSR count). The van der Waals surface area contributed by atoms with Crippen LogP contribution in [-0.2, 0) is 17.8 Å². The number of fused-ring (bicyclic) bond motifs is 1. The fraction of sp³-hybridized carbons (Fsp3) is 0.250. The molecule has 2 aromatic rings. The van der Waals surface area contributed by atoms with Gasteiger partial charge in [0, 0.05) is 29.6 Å². The van der Waals surface area contributed by atoms with Gasteiger partial charge in [0.15, 0.2) is 0 Å². The highest BCUT2D eigenvalue weighted by atomic mass is 32.1. The summed E-state index contributed by atoms with van der Waals surface area (Å²) in [4.78, 5) is 26.7. The highest BCUT2D eigenvalue weighted by Crippen LogP contribution is 2.29. The van der Waals surface area contributed by atoms with Crippen LogP contribution in [0.25, 0.3) is 0 Å². The fourth-order valence-corrected chi connectivity index (χ4v) is 3.17. The van der Waals surface area contributed by atoms with Gasteiger partial charge >= 0.3 is 0 Å². The van der Waals surface area contributed by atoms with Crippen LogP contribution >= 0.6 is 11.3 Å². The van der Waals surface area contributed by atoms with Gasteiger partial charge in [-0.3, -0.25) is 9.59 Å². The Morgan fingerprint density at radius 1 is 1.33 bits per heavy atom. The van der Waals surface area contributed by atoms with E-state index >= 15 is 0 Å². The van der Waals surface area contributed by atoms with Crippen molar-refractivity contribution in [1.82, 2.24) is 5.32 Å². The highest BCUT2D eigenvalue weighted by molar-refractivity contribution is 7.09. The summed E-state index contributed by atoms with van der Waals surface area (Å²) in [6.45, 7) is 2.79. The molecule has 0 fully saturated rings. The van der Waals surface area contributed by atoms with Crippen molar-refractivity contribution in [3.8, 4) is 0 Å². The Balaban J connectivity index is 1.75. The molecular weight excluding hydrogens is 284 g/mol. The summed E-state index contributed by atoms with van der Waals surface area (Å²) in [5, 5.41) is 4.89. The molecule has 5 heteroatoms. The third-order valence-corrected chi connectivity index (χ3v) is 4.50. The smallest absolute Gasteiger partial charge is 0.251 e. The van der Waals surface area contributed by atoms with Crippen LogP contribution in [-0.4, -0.2) is 18.4 Å². The largest absolute Gasteiger partial charge is 0.347 e. The fourth-order valence-electron chi connectivity index (χ4n) is 2.53. The van der Waals surface area contributed by atoms with Crippen molar-refractivity contribution < 1.29 is 9.59 Å². The van der Waals surface area contributed by atoms with Crippen molar-refractivity contribution in [2.45, 2.75) is 19.9 Å². The minimum Gasteiger partial charge on any atom is -0.347 e. The Morgan fingerprint density at radius 3 is 2.90 bits per heavy atom. The molecule has 21 heavy (non-hydrogen) atoms. The van der Waals surface area contributed by atoms with Crippen molar-refractivity contribution in [2.24, 2.45) is 0 Å². The minimum atomic E-state index is -0.110. The lowest BCUT2D eigenvalue weighted by Crippen LogP contribution is -2.26. The molecule has 1 aliphatic rings. The van der Waals surface area contributed by atoms with E-state index in [9.17, 15) is 9.59 Å². The number of rotatable bonds is 3. The summed E-state index contributed by atoms with van der Waals surface area (Å²) in [6.07, 6.45) is 0.853. The van der Waals surface area contributed by atoms with Gasteiger partial charge < -0.3 is 10.2 Å². The van der Waals surface area contributed by atoms with E-state index in [0.29, 0.717) is 18.7 Å². The minimum absolute atomic E-state index is 0.0184. The van der Waals surface area contributed by atoms with Crippen molar-refractivity contribution in [3.05, 3.63) is 51.7 Å². The molecule has 0 aliphatic carbocycles. The monoisotopic (exact) mass is 300 g/mol. The van der Waals surface area contributed by atoms with E-state index in [4.69, 9.17) is 0 Å². The maximum Gasteiger partial charge on any atom is 0.251 e. The topological polar surface area (TPSA) is 49.4 Å². The van der Waals surface area contributed by atoms with Crippen LogP contribution in [0.2, 0.25) is 0 Å². The highest BCUT2D eigenvalue weighted by Gasteiger charge is 2.23.